The number of aryl methyl sites for hydroxylation is 2. The van der Waals surface area contributed by atoms with Gasteiger partial charge < -0.3 is 10.1 Å². The quantitative estimate of drug-likeness (QED) is 0.567. The van der Waals surface area contributed by atoms with Crippen molar-refractivity contribution in [2.75, 3.05) is 7.11 Å². The molecule has 1 amide bonds. The number of nitrogens with one attached hydrogen (secondary N) is 3. The lowest BCUT2D eigenvalue weighted by atomic mass is 10.0. The predicted octanol–water partition coefficient (Wildman–Crippen LogP) is 2.55. The van der Waals surface area contributed by atoms with Crippen molar-refractivity contribution >= 4 is 23.2 Å². The Labute approximate surface area is 153 Å². The van der Waals surface area contributed by atoms with E-state index in [2.05, 4.69) is 16.2 Å². The van der Waals surface area contributed by atoms with E-state index in [0.717, 1.165) is 16.9 Å². The first-order chi connectivity index (χ1) is 12.0. The van der Waals surface area contributed by atoms with Gasteiger partial charge in [-0.05, 0) is 60.5 Å². The summed E-state index contributed by atoms with van der Waals surface area (Å²) in [5.41, 5.74) is 9.75. The zero-order chi connectivity index (χ0) is 18.2. The van der Waals surface area contributed by atoms with Crippen molar-refractivity contribution in [1.29, 1.82) is 0 Å². The Morgan fingerprint density at radius 1 is 1.00 bits per heavy atom. The molecule has 0 atom stereocenters. The second-order valence-electron chi connectivity index (χ2n) is 5.80. The van der Waals surface area contributed by atoms with E-state index in [1.165, 1.54) is 11.1 Å². The Kier molecular flexibility index (Phi) is 6.77. The highest BCUT2D eigenvalue weighted by atomic mass is 32.1. The molecule has 0 bridgehead atoms. The standard InChI is InChI=1S/C19H23N3O2S/c1-13-4-5-16(10-14(13)2)11-18(23)21-22-19(25)20-12-15-6-8-17(24-3)9-7-15/h4-10H,11-12H2,1-3H3,(H,21,23)(H2,20,22,25). The fraction of sp³-hybridized carbons (Fsp3) is 0.263. The van der Waals surface area contributed by atoms with Crippen LogP contribution >= 0.6 is 12.2 Å². The zero-order valence-corrected chi connectivity index (χ0v) is 15.5. The average Bonchev–Trinajstić information content (AvgIpc) is 2.61. The number of hydrogen-bond donors (Lipinski definition) is 3. The first kappa shape index (κ1) is 18.7. The van der Waals surface area contributed by atoms with Crippen LogP contribution in [0.2, 0.25) is 0 Å². The van der Waals surface area contributed by atoms with Gasteiger partial charge in [-0.15, -0.1) is 0 Å². The maximum atomic E-state index is 12.0. The number of hydrogen-bond acceptors (Lipinski definition) is 3. The number of thiocarbonyl (C=S) groups is 1. The van der Waals surface area contributed by atoms with Gasteiger partial charge in [0.25, 0.3) is 0 Å². The van der Waals surface area contributed by atoms with E-state index in [1.54, 1.807) is 7.11 Å². The second kappa shape index (κ2) is 9.03. The predicted molar refractivity (Wildman–Crippen MR) is 103 cm³/mol. The molecule has 2 rings (SSSR count). The molecule has 6 heteroatoms. The minimum atomic E-state index is -0.142. The molecule has 5 nitrogen and oxygen atoms in total. The van der Waals surface area contributed by atoms with Crippen LogP contribution in [0.3, 0.4) is 0 Å². The molecule has 0 heterocycles. The fourth-order valence-corrected chi connectivity index (χ4v) is 2.36. The van der Waals surface area contributed by atoms with Gasteiger partial charge in [0.05, 0.1) is 13.5 Å². The normalized spacial score (nSPS) is 10.0. The van der Waals surface area contributed by atoms with Crippen LogP contribution in [0.25, 0.3) is 0 Å². The van der Waals surface area contributed by atoms with E-state index < -0.39 is 0 Å². The van der Waals surface area contributed by atoms with Crippen LogP contribution in [0.4, 0.5) is 0 Å². The Morgan fingerprint density at radius 3 is 2.32 bits per heavy atom. The number of ether oxygens (including phenoxy) is 1. The highest BCUT2D eigenvalue weighted by Crippen LogP contribution is 2.11. The Hall–Kier alpha value is -2.60. The molecule has 2 aromatic rings. The summed E-state index contributed by atoms with van der Waals surface area (Å²) < 4.78 is 5.12. The van der Waals surface area contributed by atoms with E-state index in [9.17, 15) is 4.79 Å². The van der Waals surface area contributed by atoms with Gasteiger partial charge in [0.15, 0.2) is 5.11 Å². The van der Waals surface area contributed by atoms with Crippen molar-refractivity contribution in [3.63, 3.8) is 0 Å². The molecule has 0 unspecified atom stereocenters. The summed E-state index contributed by atoms with van der Waals surface area (Å²) in [5.74, 6) is 0.667. The van der Waals surface area contributed by atoms with Crippen LogP contribution in [0.15, 0.2) is 42.5 Å². The summed E-state index contributed by atoms with van der Waals surface area (Å²) in [6.45, 7) is 4.64. The summed E-state index contributed by atoms with van der Waals surface area (Å²) >= 11 is 5.16. The van der Waals surface area contributed by atoms with Gasteiger partial charge in [0.2, 0.25) is 5.91 Å². The lowest BCUT2D eigenvalue weighted by Crippen LogP contribution is -2.47. The first-order valence-electron chi connectivity index (χ1n) is 7.99. The van der Waals surface area contributed by atoms with E-state index in [-0.39, 0.29) is 5.91 Å². The molecule has 0 spiro atoms. The third-order valence-electron chi connectivity index (χ3n) is 3.86. The lowest BCUT2D eigenvalue weighted by molar-refractivity contribution is -0.121. The van der Waals surface area contributed by atoms with Gasteiger partial charge >= 0.3 is 0 Å². The van der Waals surface area contributed by atoms with Crippen LogP contribution in [-0.4, -0.2) is 18.1 Å². The number of amides is 1. The summed E-state index contributed by atoms with van der Waals surface area (Å²) in [4.78, 5) is 12.0. The fourth-order valence-electron chi connectivity index (χ4n) is 2.24. The van der Waals surface area contributed by atoms with Crippen molar-refractivity contribution in [3.05, 3.63) is 64.7 Å². The van der Waals surface area contributed by atoms with Crippen LogP contribution in [0.5, 0.6) is 5.75 Å². The topological polar surface area (TPSA) is 62.4 Å². The highest BCUT2D eigenvalue weighted by molar-refractivity contribution is 7.80. The SMILES string of the molecule is COc1ccc(CNC(=S)NNC(=O)Cc2ccc(C)c(C)c2)cc1. The van der Waals surface area contributed by atoms with Crippen molar-refractivity contribution in [1.82, 2.24) is 16.2 Å². The van der Waals surface area contributed by atoms with E-state index >= 15 is 0 Å². The van der Waals surface area contributed by atoms with Gasteiger partial charge in [0, 0.05) is 6.54 Å². The van der Waals surface area contributed by atoms with Gasteiger partial charge in [0.1, 0.15) is 5.75 Å². The molecule has 132 valence electrons. The molecule has 25 heavy (non-hydrogen) atoms. The van der Waals surface area contributed by atoms with Crippen LogP contribution in [0, 0.1) is 13.8 Å². The minimum Gasteiger partial charge on any atom is -0.497 e. The number of hydrazine groups is 1. The summed E-state index contributed by atoms with van der Waals surface area (Å²) in [7, 11) is 1.63. The highest BCUT2D eigenvalue weighted by Gasteiger charge is 2.05. The van der Waals surface area contributed by atoms with E-state index in [0.29, 0.717) is 18.1 Å². The monoisotopic (exact) mass is 357 g/mol. The number of carbonyl (C=O) groups excluding carboxylic acids is 1. The summed E-state index contributed by atoms with van der Waals surface area (Å²) in [6, 6.07) is 13.7. The summed E-state index contributed by atoms with van der Waals surface area (Å²) in [6.07, 6.45) is 0.301. The minimum absolute atomic E-state index is 0.142. The molecule has 0 aliphatic heterocycles. The molecule has 0 saturated heterocycles. The van der Waals surface area contributed by atoms with E-state index in [4.69, 9.17) is 17.0 Å². The Morgan fingerprint density at radius 2 is 1.68 bits per heavy atom. The molecule has 3 N–H and O–H groups in total. The van der Waals surface area contributed by atoms with Crippen molar-refractivity contribution in [2.24, 2.45) is 0 Å². The van der Waals surface area contributed by atoms with Crippen molar-refractivity contribution < 1.29 is 9.53 Å². The van der Waals surface area contributed by atoms with Crippen LogP contribution < -0.4 is 20.9 Å². The smallest absolute Gasteiger partial charge is 0.242 e. The Balaban J connectivity index is 1.73. The number of carbonyl (C=O) groups is 1. The summed E-state index contributed by atoms with van der Waals surface area (Å²) in [5, 5.41) is 3.40. The third kappa shape index (κ3) is 6.08. The number of rotatable bonds is 5. The second-order valence-corrected chi connectivity index (χ2v) is 6.21. The van der Waals surface area contributed by atoms with Gasteiger partial charge in [-0.1, -0.05) is 30.3 Å². The van der Waals surface area contributed by atoms with Crippen molar-refractivity contribution in [3.8, 4) is 5.75 Å². The number of benzene rings is 2. The maximum Gasteiger partial charge on any atom is 0.242 e. The first-order valence-corrected chi connectivity index (χ1v) is 8.40. The third-order valence-corrected chi connectivity index (χ3v) is 4.11. The van der Waals surface area contributed by atoms with Gasteiger partial charge in [-0.2, -0.15) is 0 Å². The molecule has 0 aliphatic carbocycles. The lowest BCUT2D eigenvalue weighted by Gasteiger charge is -2.12. The van der Waals surface area contributed by atoms with Gasteiger partial charge in [-0.25, -0.2) is 0 Å². The molecule has 0 fully saturated rings. The zero-order valence-electron chi connectivity index (χ0n) is 14.7. The molecule has 0 aliphatic rings. The molecule has 2 aromatic carbocycles. The van der Waals surface area contributed by atoms with Crippen molar-refractivity contribution in [2.45, 2.75) is 26.8 Å². The molecule has 0 radical (unpaired) electrons. The maximum absolute atomic E-state index is 12.0. The molecule has 0 saturated carbocycles. The number of methoxy groups -OCH3 is 1. The van der Waals surface area contributed by atoms with Crippen LogP contribution in [-0.2, 0) is 17.8 Å². The average molecular weight is 357 g/mol. The Bertz CT molecular complexity index is 745. The van der Waals surface area contributed by atoms with E-state index in [1.807, 2.05) is 56.3 Å². The van der Waals surface area contributed by atoms with Crippen LogP contribution in [0.1, 0.15) is 22.3 Å². The molecular weight excluding hydrogens is 334 g/mol. The molecule has 0 aromatic heterocycles. The molecular formula is C19H23N3O2S. The largest absolute Gasteiger partial charge is 0.497 e. The van der Waals surface area contributed by atoms with Gasteiger partial charge in [-0.3, -0.25) is 15.6 Å².